The second-order valence-corrected chi connectivity index (χ2v) is 10.5. The molecule has 210 valence electrons. The minimum atomic E-state index is -0.590. The third-order valence-electron chi connectivity index (χ3n) is 7.46. The number of morpholine rings is 1. The molecule has 1 aliphatic carbocycles. The molecule has 0 bridgehead atoms. The van der Waals surface area contributed by atoms with Gasteiger partial charge in [0.25, 0.3) is 5.91 Å². The zero-order valence-corrected chi connectivity index (χ0v) is 22.8. The van der Waals surface area contributed by atoms with Crippen molar-refractivity contribution in [2.45, 2.75) is 31.7 Å². The second-order valence-electron chi connectivity index (χ2n) is 10.0. The summed E-state index contributed by atoms with van der Waals surface area (Å²) in [5.74, 6) is -0.918. The van der Waals surface area contributed by atoms with Gasteiger partial charge in [0, 0.05) is 42.7 Å². The van der Waals surface area contributed by atoms with E-state index in [4.69, 9.17) is 25.7 Å². The van der Waals surface area contributed by atoms with E-state index >= 15 is 0 Å². The van der Waals surface area contributed by atoms with Crippen LogP contribution in [0.25, 0.3) is 22.4 Å². The molecule has 4 aromatic rings. The number of nitrogens with zero attached hydrogens (tertiary/aromatic N) is 4. The fourth-order valence-corrected chi connectivity index (χ4v) is 5.46. The summed E-state index contributed by atoms with van der Waals surface area (Å²) in [5.41, 5.74) is 2.36. The van der Waals surface area contributed by atoms with Crippen LogP contribution < -0.4 is 10.6 Å². The van der Waals surface area contributed by atoms with Gasteiger partial charge in [0.1, 0.15) is 23.6 Å². The zero-order chi connectivity index (χ0) is 28.3. The Bertz CT molecular complexity index is 1580. The van der Waals surface area contributed by atoms with Crippen LogP contribution in [0.5, 0.6) is 0 Å². The number of ether oxygens (including phenoxy) is 1. The molecule has 1 saturated heterocycles. The molecule has 5 heterocycles. The molecule has 4 aromatic heterocycles. The average Bonchev–Trinajstić information content (AvgIpc) is 3.36. The minimum Gasteiger partial charge on any atom is -0.447 e. The molecule has 12 heteroatoms. The smallest absolute Gasteiger partial charge is 0.294 e. The monoisotopic (exact) mass is 574 g/mol. The van der Waals surface area contributed by atoms with Crippen molar-refractivity contribution in [3.63, 3.8) is 0 Å². The van der Waals surface area contributed by atoms with Gasteiger partial charge < -0.3 is 24.7 Å². The molecule has 0 aromatic carbocycles. The lowest BCUT2D eigenvalue weighted by Crippen LogP contribution is -2.49. The van der Waals surface area contributed by atoms with Gasteiger partial charge in [0.2, 0.25) is 17.6 Å². The van der Waals surface area contributed by atoms with E-state index in [0.717, 1.165) is 18.4 Å². The van der Waals surface area contributed by atoms with Crippen LogP contribution in [0.3, 0.4) is 0 Å². The number of amides is 3. The first-order valence-electron chi connectivity index (χ1n) is 13.4. The highest BCUT2D eigenvalue weighted by Crippen LogP contribution is 2.35. The van der Waals surface area contributed by atoms with Crippen molar-refractivity contribution in [1.29, 1.82) is 0 Å². The maximum absolute atomic E-state index is 13.5. The van der Waals surface area contributed by atoms with Crippen LogP contribution in [0.4, 0.5) is 11.5 Å². The molecule has 2 fully saturated rings. The van der Waals surface area contributed by atoms with Gasteiger partial charge in [-0.2, -0.15) is 0 Å². The van der Waals surface area contributed by atoms with Crippen molar-refractivity contribution < 1.29 is 23.5 Å². The number of hydrogen-bond donors (Lipinski definition) is 2. The highest BCUT2D eigenvalue weighted by Gasteiger charge is 2.34. The van der Waals surface area contributed by atoms with Crippen molar-refractivity contribution >= 4 is 51.9 Å². The number of anilines is 2. The van der Waals surface area contributed by atoms with Crippen molar-refractivity contribution in [3.05, 3.63) is 65.8 Å². The highest BCUT2D eigenvalue weighted by atomic mass is 35.5. The third kappa shape index (κ3) is 5.77. The first-order valence-corrected chi connectivity index (χ1v) is 13.8. The van der Waals surface area contributed by atoms with E-state index in [1.54, 1.807) is 36.7 Å². The van der Waals surface area contributed by atoms with Crippen LogP contribution in [0.1, 0.15) is 36.2 Å². The summed E-state index contributed by atoms with van der Waals surface area (Å²) in [6.45, 7) is 1.22. The largest absolute Gasteiger partial charge is 0.447 e. The topological polar surface area (TPSA) is 140 Å². The Balaban J connectivity index is 1.26. The number of aromatic nitrogens is 3. The van der Waals surface area contributed by atoms with Gasteiger partial charge >= 0.3 is 0 Å². The minimum absolute atomic E-state index is 0.00377. The lowest BCUT2D eigenvalue weighted by atomic mass is 9.84. The maximum atomic E-state index is 13.5. The molecule has 0 radical (unpaired) electrons. The predicted octanol–water partition coefficient (Wildman–Crippen LogP) is 4.55. The van der Waals surface area contributed by atoms with E-state index < -0.39 is 5.91 Å². The van der Waals surface area contributed by atoms with E-state index in [-0.39, 0.29) is 47.6 Å². The van der Waals surface area contributed by atoms with Crippen molar-refractivity contribution in [2.24, 2.45) is 5.92 Å². The van der Waals surface area contributed by atoms with Gasteiger partial charge in [-0.15, -0.1) is 0 Å². The normalized spacial score (nSPS) is 19.2. The van der Waals surface area contributed by atoms with Crippen LogP contribution in [0.2, 0.25) is 5.02 Å². The van der Waals surface area contributed by atoms with E-state index in [9.17, 15) is 14.4 Å². The number of fused-ring (bicyclic) bond motifs is 1. The standard InChI is InChI=1S/C29H27ClN6O5/c30-19-3-8-23(32-15-19)34-29(39)27-26(25-22(41-27)7-6-21(33-25)17-9-11-31-12-10-17)35-28(38)18-1-4-20(5-2-18)36-13-14-40-16-24(36)37/h3,6-12,15,18,20H,1-2,4-5,13-14,16H2,(H,35,38)(H,32,34,39)/t18-,20-. The number of furan rings is 1. The summed E-state index contributed by atoms with van der Waals surface area (Å²) in [6, 6.07) is 10.4. The number of carbonyl (C=O) groups is 3. The van der Waals surface area contributed by atoms with Gasteiger partial charge in [-0.3, -0.25) is 19.4 Å². The van der Waals surface area contributed by atoms with Crippen molar-refractivity contribution in [3.8, 4) is 11.3 Å². The number of pyridine rings is 3. The predicted molar refractivity (Wildman–Crippen MR) is 151 cm³/mol. The van der Waals surface area contributed by atoms with Crippen LogP contribution in [-0.2, 0) is 14.3 Å². The Labute approximate surface area is 240 Å². The first kappa shape index (κ1) is 26.9. The number of hydrogen-bond acceptors (Lipinski definition) is 8. The van der Waals surface area contributed by atoms with Crippen molar-refractivity contribution in [1.82, 2.24) is 19.9 Å². The summed E-state index contributed by atoms with van der Waals surface area (Å²) in [5, 5.41) is 6.08. The Morgan fingerprint density at radius 2 is 1.80 bits per heavy atom. The summed E-state index contributed by atoms with van der Waals surface area (Å²) in [7, 11) is 0. The van der Waals surface area contributed by atoms with Gasteiger partial charge in [-0.1, -0.05) is 11.6 Å². The fraction of sp³-hybridized carbons (Fsp3) is 0.310. The quantitative estimate of drug-likeness (QED) is 0.342. The number of carbonyl (C=O) groups excluding carboxylic acids is 3. The third-order valence-corrected chi connectivity index (χ3v) is 7.69. The summed E-state index contributed by atoms with van der Waals surface area (Å²) in [6.07, 6.45) is 7.41. The van der Waals surface area contributed by atoms with Gasteiger partial charge in [0.15, 0.2) is 5.58 Å². The van der Waals surface area contributed by atoms with Crippen LogP contribution in [0.15, 0.2) is 59.4 Å². The van der Waals surface area contributed by atoms with Gasteiger partial charge in [-0.25, -0.2) is 9.97 Å². The van der Waals surface area contributed by atoms with E-state index in [2.05, 4.69) is 20.6 Å². The molecule has 3 amide bonds. The highest BCUT2D eigenvalue weighted by molar-refractivity contribution is 6.30. The Morgan fingerprint density at radius 3 is 2.54 bits per heavy atom. The van der Waals surface area contributed by atoms with Gasteiger partial charge in [0.05, 0.1) is 17.3 Å². The molecule has 0 atom stereocenters. The Morgan fingerprint density at radius 1 is 1.00 bits per heavy atom. The van der Waals surface area contributed by atoms with Crippen LogP contribution in [0, 0.1) is 5.92 Å². The Hall–Kier alpha value is -4.35. The molecule has 41 heavy (non-hydrogen) atoms. The summed E-state index contributed by atoms with van der Waals surface area (Å²) < 4.78 is 11.2. The van der Waals surface area contributed by atoms with E-state index in [1.165, 1.54) is 6.20 Å². The number of nitrogens with one attached hydrogen (secondary N) is 2. The van der Waals surface area contributed by atoms with Crippen LogP contribution >= 0.6 is 11.6 Å². The SMILES string of the molecule is O=C(Nc1ccc(Cl)cn1)c1oc2ccc(-c3ccncc3)nc2c1NC(=O)[C@H]1CC[C@H](N2CCOCC2=O)CC1. The molecule has 2 N–H and O–H groups in total. The van der Waals surface area contributed by atoms with Gasteiger partial charge in [-0.05, 0) is 62.1 Å². The summed E-state index contributed by atoms with van der Waals surface area (Å²) >= 11 is 5.92. The Kier molecular flexibility index (Phi) is 7.62. The fourth-order valence-electron chi connectivity index (χ4n) is 5.35. The second kappa shape index (κ2) is 11.6. The average molecular weight is 575 g/mol. The molecule has 2 aliphatic rings. The molecule has 11 nitrogen and oxygen atoms in total. The number of halogens is 1. The first-order chi connectivity index (χ1) is 20.0. The van der Waals surface area contributed by atoms with Crippen molar-refractivity contribution in [2.75, 3.05) is 30.4 Å². The molecule has 0 unspecified atom stereocenters. The van der Waals surface area contributed by atoms with E-state index in [0.29, 0.717) is 47.8 Å². The molecular weight excluding hydrogens is 548 g/mol. The number of rotatable bonds is 6. The maximum Gasteiger partial charge on any atom is 0.294 e. The van der Waals surface area contributed by atoms with E-state index in [1.807, 2.05) is 17.0 Å². The van der Waals surface area contributed by atoms with Crippen LogP contribution in [-0.4, -0.2) is 63.4 Å². The molecule has 6 rings (SSSR count). The molecular formula is C29H27ClN6O5. The lowest BCUT2D eigenvalue weighted by Gasteiger charge is -2.38. The molecule has 1 aliphatic heterocycles. The molecule has 1 saturated carbocycles. The summed E-state index contributed by atoms with van der Waals surface area (Å²) in [4.78, 5) is 53.9. The molecule has 0 spiro atoms. The lowest BCUT2D eigenvalue weighted by molar-refractivity contribution is -0.146. The zero-order valence-electron chi connectivity index (χ0n) is 22.0.